The van der Waals surface area contributed by atoms with Crippen molar-refractivity contribution in [3.05, 3.63) is 69.5 Å². The Kier molecular flexibility index (Phi) is 5.97. The Morgan fingerprint density at radius 1 is 1.21 bits per heavy atom. The summed E-state index contributed by atoms with van der Waals surface area (Å²) in [6.07, 6.45) is 0.189. The lowest BCUT2D eigenvalue weighted by atomic mass is 10.2. The minimum Gasteiger partial charge on any atom is -0.484 e. The van der Waals surface area contributed by atoms with Crippen LogP contribution in [0, 0.1) is 18.3 Å². The average Bonchev–Trinajstić information content (AvgIpc) is 2.68. The standard InChI is InChI=1S/C21H17ClN2O4/c1-14-11-16(5-7-18(14)22)24(10-2-9-23)20(25)13-27-17-6-3-15-4-8-21(26)28-19(15)12-17/h3-8,11-12H,2,10,13H2,1H3. The second kappa shape index (κ2) is 8.59. The first-order valence-corrected chi connectivity index (χ1v) is 8.96. The monoisotopic (exact) mass is 396 g/mol. The van der Waals surface area contributed by atoms with Crippen LogP contribution in [-0.4, -0.2) is 19.1 Å². The van der Waals surface area contributed by atoms with Gasteiger partial charge < -0.3 is 14.1 Å². The summed E-state index contributed by atoms with van der Waals surface area (Å²) in [7, 11) is 0. The Labute approximate surface area is 166 Å². The summed E-state index contributed by atoms with van der Waals surface area (Å²) >= 11 is 6.06. The minimum atomic E-state index is -0.457. The van der Waals surface area contributed by atoms with Crippen LogP contribution >= 0.6 is 11.6 Å². The first-order valence-electron chi connectivity index (χ1n) is 8.58. The first kappa shape index (κ1) is 19.5. The normalized spacial score (nSPS) is 10.5. The predicted octanol–water partition coefficient (Wildman–Crippen LogP) is 4.08. The summed E-state index contributed by atoms with van der Waals surface area (Å²) in [5.41, 5.74) is 1.41. The number of hydrogen-bond acceptors (Lipinski definition) is 5. The van der Waals surface area contributed by atoms with E-state index in [-0.39, 0.29) is 25.5 Å². The number of ether oxygens (including phenoxy) is 1. The van der Waals surface area contributed by atoms with Crippen LogP contribution in [0.3, 0.4) is 0 Å². The van der Waals surface area contributed by atoms with Crippen LogP contribution in [0.5, 0.6) is 5.75 Å². The molecule has 0 aliphatic rings. The molecular weight excluding hydrogens is 380 g/mol. The van der Waals surface area contributed by atoms with Gasteiger partial charge in [0.05, 0.1) is 12.5 Å². The van der Waals surface area contributed by atoms with Gasteiger partial charge in [0.2, 0.25) is 0 Å². The van der Waals surface area contributed by atoms with E-state index in [9.17, 15) is 9.59 Å². The van der Waals surface area contributed by atoms with Crippen molar-refractivity contribution in [3.8, 4) is 11.8 Å². The van der Waals surface area contributed by atoms with Crippen LogP contribution in [0.15, 0.2) is 57.7 Å². The van der Waals surface area contributed by atoms with Crippen molar-refractivity contribution in [1.82, 2.24) is 0 Å². The number of halogens is 1. The van der Waals surface area contributed by atoms with Gasteiger partial charge in [0.15, 0.2) is 6.61 Å². The van der Waals surface area contributed by atoms with Crippen LogP contribution in [0.4, 0.5) is 5.69 Å². The number of amides is 1. The highest BCUT2D eigenvalue weighted by Crippen LogP contribution is 2.24. The molecule has 1 heterocycles. The molecule has 7 heteroatoms. The number of fused-ring (bicyclic) bond motifs is 1. The number of nitrogens with zero attached hydrogens (tertiary/aromatic N) is 2. The van der Waals surface area contributed by atoms with E-state index in [1.807, 2.05) is 13.0 Å². The Balaban J connectivity index is 1.77. The van der Waals surface area contributed by atoms with Gasteiger partial charge in [0.1, 0.15) is 11.3 Å². The van der Waals surface area contributed by atoms with E-state index in [0.717, 1.165) is 10.9 Å². The number of carbonyl (C=O) groups excluding carboxylic acids is 1. The van der Waals surface area contributed by atoms with Gasteiger partial charge in [-0.25, -0.2) is 4.79 Å². The Morgan fingerprint density at radius 2 is 2.00 bits per heavy atom. The molecule has 0 N–H and O–H groups in total. The third-order valence-corrected chi connectivity index (χ3v) is 4.58. The average molecular weight is 397 g/mol. The molecule has 0 bridgehead atoms. The molecule has 1 aromatic heterocycles. The van der Waals surface area contributed by atoms with Crippen molar-refractivity contribution in [2.24, 2.45) is 0 Å². The van der Waals surface area contributed by atoms with Gasteiger partial charge in [-0.2, -0.15) is 5.26 Å². The lowest BCUT2D eigenvalue weighted by molar-refractivity contribution is -0.120. The van der Waals surface area contributed by atoms with Crippen LogP contribution < -0.4 is 15.3 Å². The van der Waals surface area contributed by atoms with E-state index < -0.39 is 5.63 Å². The number of nitriles is 1. The molecule has 0 unspecified atom stereocenters. The molecule has 0 aliphatic carbocycles. The first-order chi connectivity index (χ1) is 13.5. The van der Waals surface area contributed by atoms with Gasteiger partial charge in [-0.3, -0.25) is 4.79 Å². The molecule has 0 atom stereocenters. The maximum absolute atomic E-state index is 12.7. The molecular formula is C21H17ClN2O4. The van der Waals surface area contributed by atoms with E-state index in [4.69, 9.17) is 26.0 Å². The van der Waals surface area contributed by atoms with Crippen molar-refractivity contribution in [1.29, 1.82) is 5.26 Å². The number of benzene rings is 2. The summed E-state index contributed by atoms with van der Waals surface area (Å²) in [5.74, 6) is 0.106. The van der Waals surface area contributed by atoms with Crippen LogP contribution in [0.25, 0.3) is 11.0 Å². The second-order valence-corrected chi connectivity index (χ2v) is 6.54. The lowest BCUT2D eigenvalue weighted by Crippen LogP contribution is -2.35. The van der Waals surface area contributed by atoms with E-state index >= 15 is 0 Å². The van der Waals surface area contributed by atoms with E-state index in [0.29, 0.717) is 22.0 Å². The highest BCUT2D eigenvalue weighted by atomic mass is 35.5. The Bertz CT molecular complexity index is 1120. The van der Waals surface area contributed by atoms with Gasteiger partial charge in [-0.05, 0) is 48.9 Å². The smallest absolute Gasteiger partial charge is 0.336 e. The molecule has 3 rings (SSSR count). The summed E-state index contributed by atoms with van der Waals surface area (Å²) in [5, 5.41) is 10.3. The van der Waals surface area contributed by atoms with Crippen LogP contribution in [0.1, 0.15) is 12.0 Å². The van der Waals surface area contributed by atoms with E-state index in [2.05, 4.69) is 0 Å². The summed E-state index contributed by atoms with van der Waals surface area (Å²) in [4.78, 5) is 25.6. The fourth-order valence-electron chi connectivity index (χ4n) is 2.71. The summed E-state index contributed by atoms with van der Waals surface area (Å²) in [6, 6.07) is 15.3. The van der Waals surface area contributed by atoms with E-state index in [1.54, 1.807) is 42.5 Å². The molecule has 0 fully saturated rings. The molecule has 142 valence electrons. The zero-order valence-corrected chi connectivity index (χ0v) is 15.9. The zero-order valence-electron chi connectivity index (χ0n) is 15.1. The van der Waals surface area contributed by atoms with Crippen molar-refractivity contribution >= 4 is 34.2 Å². The second-order valence-electron chi connectivity index (χ2n) is 6.13. The molecule has 0 saturated carbocycles. The molecule has 0 radical (unpaired) electrons. The number of anilines is 1. The zero-order chi connectivity index (χ0) is 20.1. The van der Waals surface area contributed by atoms with E-state index in [1.165, 1.54) is 11.0 Å². The predicted molar refractivity (Wildman–Crippen MR) is 107 cm³/mol. The highest BCUT2D eigenvalue weighted by molar-refractivity contribution is 6.31. The molecule has 28 heavy (non-hydrogen) atoms. The van der Waals surface area contributed by atoms with Crippen molar-refractivity contribution in [3.63, 3.8) is 0 Å². The highest BCUT2D eigenvalue weighted by Gasteiger charge is 2.17. The number of aryl methyl sites for hydroxylation is 1. The fraction of sp³-hybridized carbons (Fsp3) is 0.190. The minimum absolute atomic E-state index is 0.189. The quantitative estimate of drug-likeness (QED) is 0.586. The number of carbonyl (C=O) groups is 1. The largest absolute Gasteiger partial charge is 0.484 e. The SMILES string of the molecule is Cc1cc(N(CCC#N)C(=O)COc2ccc3ccc(=O)oc3c2)ccc1Cl. The topological polar surface area (TPSA) is 83.5 Å². The van der Waals surface area contributed by atoms with Gasteiger partial charge >= 0.3 is 5.63 Å². The van der Waals surface area contributed by atoms with Crippen molar-refractivity contribution < 1.29 is 13.9 Å². The molecule has 0 spiro atoms. The maximum Gasteiger partial charge on any atom is 0.336 e. The van der Waals surface area contributed by atoms with Crippen molar-refractivity contribution in [2.45, 2.75) is 13.3 Å². The van der Waals surface area contributed by atoms with Crippen molar-refractivity contribution in [2.75, 3.05) is 18.1 Å². The number of rotatable bonds is 6. The fourth-order valence-corrected chi connectivity index (χ4v) is 2.83. The maximum atomic E-state index is 12.7. The van der Waals surface area contributed by atoms with Crippen LogP contribution in [0.2, 0.25) is 5.02 Å². The van der Waals surface area contributed by atoms with Gasteiger partial charge in [-0.15, -0.1) is 0 Å². The van der Waals surface area contributed by atoms with Crippen LogP contribution in [-0.2, 0) is 4.79 Å². The molecule has 6 nitrogen and oxygen atoms in total. The Morgan fingerprint density at radius 3 is 2.75 bits per heavy atom. The van der Waals surface area contributed by atoms with Gasteiger partial charge in [0, 0.05) is 34.8 Å². The summed E-state index contributed by atoms with van der Waals surface area (Å²) < 4.78 is 10.7. The molecule has 1 amide bonds. The summed E-state index contributed by atoms with van der Waals surface area (Å²) in [6.45, 7) is 1.86. The number of hydrogen-bond donors (Lipinski definition) is 0. The molecule has 2 aromatic carbocycles. The third-order valence-electron chi connectivity index (χ3n) is 4.16. The van der Waals surface area contributed by atoms with Gasteiger partial charge in [0.25, 0.3) is 5.91 Å². The lowest BCUT2D eigenvalue weighted by Gasteiger charge is -2.22. The molecule has 0 saturated heterocycles. The molecule has 3 aromatic rings. The third kappa shape index (κ3) is 4.51. The van der Waals surface area contributed by atoms with Gasteiger partial charge in [-0.1, -0.05) is 11.6 Å². The molecule has 0 aliphatic heterocycles. The Hall–Kier alpha value is -3.30.